The van der Waals surface area contributed by atoms with Gasteiger partial charge in [-0.15, -0.1) is 0 Å². The molecule has 1 aliphatic heterocycles. The molecule has 1 aliphatic rings. The summed E-state index contributed by atoms with van der Waals surface area (Å²) in [5.74, 6) is 0.0748. The van der Waals surface area contributed by atoms with Crippen LogP contribution in [0.1, 0.15) is 24.0 Å². The van der Waals surface area contributed by atoms with Crippen LogP contribution in [-0.2, 0) is 14.8 Å². The van der Waals surface area contributed by atoms with Gasteiger partial charge in [-0.25, -0.2) is 8.42 Å². The van der Waals surface area contributed by atoms with Gasteiger partial charge in [0.2, 0.25) is 15.9 Å². The molecule has 2 aromatic rings. The van der Waals surface area contributed by atoms with Crippen LogP contribution in [0.2, 0.25) is 5.02 Å². The van der Waals surface area contributed by atoms with E-state index in [1.807, 2.05) is 30.0 Å². The summed E-state index contributed by atoms with van der Waals surface area (Å²) in [6.45, 7) is 6.02. The second-order valence-corrected chi connectivity index (χ2v) is 10.7. The first-order valence-electron chi connectivity index (χ1n) is 11.2. The van der Waals surface area contributed by atoms with Crippen LogP contribution < -0.4 is 4.31 Å². The van der Waals surface area contributed by atoms with Crippen molar-refractivity contribution in [3.05, 3.63) is 70.8 Å². The van der Waals surface area contributed by atoms with Gasteiger partial charge >= 0.3 is 0 Å². The lowest BCUT2D eigenvalue weighted by atomic mass is 10.2. The van der Waals surface area contributed by atoms with Crippen LogP contribution in [0.5, 0.6) is 0 Å². The molecule has 3 rings (SSSR count). The zero-order valence-corrected chi connectivity index (χ0v) is 20.9. The third kappa shape index (κ3) is 7.59. The Hall–Kier alpha value is -2.35. The molecule has 1 heterocycles. The van der Waals surface area contributed by atoms with Crippen LogP contribution in [0.15, 0.2) is 54.6 Å². The molecule has 0 N–H and O–H groups in total. The van der Waals surface area contributed by atoms with E-state index in [1.165, 1.54) is 16.1 Å². The Balaban J connectivity index is 1.46. The Morgan fingerprint density at radius 2 is 1.79 bits per heavy atom. The first kappa shape index (κ1) is 25.3. The third-order valence-corrected chi connectivity index (χ3v) is 7.21. The number of carbonyl (C=O) groups excluding carboxylic acids is 1. The smallest absolute Gasteiger partial charge is 0.232 e. The molecule has 0 atom stereocenters. The molecular formula is C25H32ClN3O3S. The first-order valence-corrected chi connectivity index (χ1v) is 13.4. The Labute approximate surface area is 202 Å². The van der Waals surface area contributed by atoms with Gasteiger partial charge in [0.05, 0.1) is 11.9 Å². The Kier molecular flexibility index (Phi) is 8.95. The molecule has 1 fully saturated rings. The highest BCUT2D eigenvalue weighted by molar-refractivity contribution is 7.92. The molecule has 8 heteroatoms. The van der Waals surface area contributed by atoms with Crippen LogP contribution in [-0.4, -0.2) is 69.6 Å². The maximum Gasteiger partial charge on any atom is 0.232 e. The zero-order valence-electron chi connectivity index (χ0n) is 19.3. The van der Waals surface area contributed by atoms with Crippen LogP contribution in [0, 0.1) is 6.92 Å². The molecule has 33 heavy (non-hydrogen) atoms. The standard InChI is InChI=1S/C25H32ClN3O3S/c1-21-12-13-23(26)20-24(21)29(33(2,31)32)15-7-11-25(30)28-18-16-27(17-19-28)14-6-10-22-8-4-3-5-9-22/h3-6,8-10,12-13,20H,7,11,14-19H2,1-2H3/b10-6+. The average Bonchev–Trinajstić information content (AvgIpc) is 2.79. The maximum absolute atomic E-state index is 12.7. The monoisotopic (exact) mass is 489 g/mol. The fourth-order valence-electron chi connectivity index (χ4n) is 3.93. The number of sulfonamides is 1. The van der Waals surface area contributed by atoms with E-state index in [2.05, 4.69) is 29.2 Å². The van der Waals surface area contributed by atoms with Gasteiger partial charge in [0, 0.05) is 50.7 Å². The second kappa shape index (κ2) is 11.7. The van der Waals surface area contributed by atoms with E-state index in [0.717, 1.165) is 25.2 Å². The molecule has 0 spiro atoms. The van der Waals surface area contributed by atoms with Crippen molar-refractivity contribution in [1.29, 1.82) is 0 Å². The van der Waals surface area contributed by atoms with Crippen molar-refractivity contribution in [2.24, 2.45) is 0 Å². The number of rotatable bonds is 9. The predicted octanol–water partition coefficient (Wildman–Crippen LogP) is 4.05. The summed E-state index contributed by atoms with van der Waals surface area (Å²) in [6, 6.07) is 15.4. The highest BCUT2D eigenvalue weighted by Gasteiger charge is 2.23. The van der Waals surface area contributed by atoms with Gasteiger partial charge in [-0.2, -0.15) is 0 Å². The van der Waals surface area contributed by atoms with Crippen molar-refractivity contribution in [2.45, 2.75) is 19.8 Å². The van der Waals surface area contributed by atoms with Crippen molar-refractivity contribution in [1.82, 2.24) is 9.80 Å². The molecular weight excluding hydrogens is 458 g/mol. The lowest BCUT2D eigenvalue weighted by molar-refractivity contribution is -0.132. The summed E-state index contributed by atoms with van der Waals surface area (Å²) >= 11 is 6.08. The van der Waals surface area contributed by atoms with Crippen LogP contribution in [0.25, 0.3) is 6.08 Å². The highest BCUT2D eigenvalue weighted by Crippen LogP contribution is 2.26. The SMILES string of the molecule is Cc1ccc(Cl)cc1N(CCCC(=O)N1CCN(C/C=C/c2ccccc2)CC1)S(C)(=O)=O. The van der Waals surface area contributed by atoms with E-state index in [0.29, 0.717) is 36.6 Å². The maximum atomic E-state index is 12.7. The number of hydrogen-bond acceptors (Lipinski definition) is 4. The molecule has 6 nitrogen and oxygen atoms in total. The van der Waals surface area contributed by atoms with Crippen molar-refractivity contribution >= 4 is 39.3 Å². The summed E-state index contributed by atoms with van der Waals surface area (Å²) in [5, 5.41) is 0.483. The quantitative estimate of drug-likeness (QED) is 0.533. The van der Waals surface area contributed by atoms with E-state index in [1.54, 1.807) is 18.2 Å². The van der Waals surface area contributed by atoms with Gasteiger partial charge in [0.25, 0.3) is 0 Å². The first-order chi connectivity index (χ1) is 15.7. The fraction of sp³-hybridized carbons (Fsp3) is 0.400. The van der Waals surface area contributed by atoms with Crippen molar-refractivity contribution in [3.63, 3.8) is 0 Å². The number of aryl methyl sites for hydroxylation is 1. The number of nitrogens with zero attached hydrogens (tertiary/aromatic N) is 3. The average molecular weight is 490 g/mol. The molecule has 0 radical (unpaired) electrons. The van der Waals surface area contributed by atoms with Crippen molar-refractivity contribution in [3.8, 4) is 0 Å². The van der Waals surface area contributed by atoms with Crippen LogP contribution in [0.3, 0.4) is 0 Å². The second-order valence-electron chi connectivity index (χ2n) is 8.36. The minimum atomic E-state index is -3.48. The third-order valence-electron chi connectivity index (χ3n) is 5.79. The number of benzene rings is 2. The molecule has 178 valence electrons. The van der Waals surface area contributed by atoms with Gasteiger partial charge in [-0.3, -0.25) is 14.0 Å². The number of piperazine rings is 1. The minimum absolute atomic E-state index is 0.0748. The van der Waals surface area contributed by atoms with E-state index >= 15 is 0 Å². The van der Waals surface area contributed by atoms with Crippen molar-refractivity contribution in [2.75, 3.05) is 49.8 Å². The van der Waals surface area contributed by atoms with E-state index in [4.69, 9.17) is 11.6 Å². The number of carbonyl (C=O) groups is 1. The molecule has 2 aromatic carbocycles. The molecule has 0 bridgehead atoms. The number of amides is 1. The Bertz CT molecular complexity index is 1070. The van der Waals surface area contributed by atoms with E-state index in [-0.39, 0.29) is 12.5 Å². The van der Waals surface area contributed by atoms with Gasteiger partial charge in [-0.1, -0.05) is 60.2 Å². The van der Waals surface area contributed by atoms with E-state index in [9.17, 15) is 13.2 Å². The minimum Gasteiger partial charge on any atom is -0.340 e. The molecule has 0 aliphatic carbocycles. The number of anilines is 1. The molecule has 1 saturated heterocycles. The topological polar surface area (TPSA) is 60.9 Å². The molecule has 0 unspecified atom stereocenters. The fourth-order valence-corrected chi connectivity index (χ4v) is 5.11. The summed E-state index contributed by atoms with van der Waals surface area (Å²) < 4.78 is 26.1. The summed E-state index contributed by atoms with van der Waals surface area (Å²) in [7, 11) is -3.48. The predicted molar refractivity (Wildman–Crippen MR) is 136 cm³/mol. The van der Waals surface area contributed by atoms with Gasteiger partial charge < -0.3 is 4.90 Å². The Morgan fingerprint density at radius 3 is 2.45 bits per heavy atom. The van der Waals surface area contributed by atoms with Crippen LogP contribution in [0.4, 0.5) is 5.69 Å². The lowest BCUT2D eigenvalue weighted by Gasteiger charge is -2.34. The molecule has 0 aromatic heterocycles. The Morgan fingerprint density at radius 1 is 1.09 bits per heavy atom. The normalized spacial score (nSPS) is 15.2. The lowest BCUT2D eigenvalue weighted by Crippen LogP contribution is -2.48. The van der Waals surface area contributed by atoms with Gasteiger partial charge in [0.1, 0.15) is 0 Å². The van der Waals surface area contributed by atoms with Gasteiger partial charge in [0.15, 0.2) is 0 Å². The largest absolute Gasteiger partial charge is 0.340 e. The van der Waals surface area contributed by atoms with Crippen LogP contribution >= 0.6 is 11.6 Å². The molecule has 1 amide bonds. The number of halogens is 1. The molecule has 0 saturated carbocycles. The van der Waals surface area contributed by atoms with Gasteiger partial charge in [-0.05, 0) is 36.6 Å². The number of hydrogen-bond donors (Lipinski definition) is 0. The summed E-state index contributed by atoms with van der Waals surface area (Å²) in [5.41, 5.74) is 2.57. The summed E-state index contributed by atoms with van der Waals surface area (Å²) in [6.07, 6.45) is 6.23. The van der Waals surface area contributed by atoms with Crippen molar-refractivity contribution < 1.29 is 13.2 Å². The highest BCUT2D eigenvalue weighted by atomic mass is 35.5. The zero-order chi connectivity index (χ0) is 23.8. The van der Waals surface area contributed by atoms with E-state index < -0.39 is 10.0 Å². The summed E-state index contributed by atoms with van der Waals surface area (Å²) in [4.78, 5) is 16.9.